The molecule has 3 rings (SSSR count). The summed E-state index contributed by atoms with van der Waals surface area (Å²) in [5, 5.41) is 2.87. The van der Waals surface area contributed by atoms with Gasteiger partial charge in [0.15, 0.2) is 0 Å². The molecule has 0 bridgehead atoms. The van der Waals surface area contributed by atoms with E-state index in [1.54, 1.807) is 22.6 Å². The maximum Gasteiger partial charge on any atom is 0.281 e. The minimum atomic E-state index is -0.0541. The fraction of sp³-hybridized carbons (Fsp3) is 0.368. The van der Waals surface area contributed by atoms with Crippen LogP contribution >= 0.6 is 22.6 Å². The first-order chi connectivity index (χ1) is 12.0. The highest BCUT2D eigenvalue weighted by Gasteiger charge is 2.29. The summed E-state index contributed by atoms with van der Waals surface area (Å²) in [7, 11) is 0. The lowest BCUT2D eigenvalue weighted by molar-refractivity contribution is 0.0466. The number of carbonyl (C=O) groups is 1. The number of ether oxygens (including phenoxy) is 1. The molecule has 1 amide bonds. The zero-order chi connectivity index (χ0) is 17.8. The fourth-order valence-corrected chi connectivity index (χ4v) is 3.36. The summed E-state index contributed by atoms with van der Waals surface area (Å²) < 4.78 is 5.98. The molecular formula is C19H22IN3O2. The summed E-state index contributed by atoms with van der Waals surface area (Å²) in [6, 6.07) is 7.93. The standard InChI is InChI=1S/C19H22IN3O2/c1-13-9-16(7-8-21-10-13)23-11-18(12-23)25-17-5-3-15(4-6-17)14(2)22-19(20)24/h3-10,13-14,18H,11-12H2,1-2H3,(H,22,24)/t13?,14-/m0/s1. The highest BCUT2D eigenvalue weighted by Crippen LogP contribution is 2.25. The molecular weight excluding hydrogens is 429 g/mol. The maximum absolute atomic E-state index is 11.1. The van der Waals surface area contributed by atoms with Crippen molar-refractivity contribution in [2.24, 2.45) is 10.9 Å². The second-order valence-corrected chi connectivity index (χ2v) is 7.40. The summed E-state index contributed by atoms with van der Waals surface area (Å²) in [6.07, 6.45) is 8.26. The third-order valence-electron chi connectivity index (χ3n) is 4.31. The van der Waals surface area contributed by atoms with Gasteiger partial charge in [0.25, 0.3) is 3.91 Å². The van der Waals surface area contributed by atoms with Crippen molar-refractivity contribution in [2.75, 3.05) is 13.1 Å². The summed E-state index contributed by atoms with van der Waals surface area (Å²) in [5.74, 6) is 1.21. The molecule has 132 valence electrons. The van der Waals surface area contributed by atoms with E-state index >= 15 is 0 Å². The van der Waals surface area contributed by atoms with E-state index in [2.05, 4.69) is 28.2 Å². The molecule has 1 unspecified atom stereocenters. The van der Waals surface area contributed by atoms with Gasteiger partial charge in [-0.15, -0.1) is 0 Å². The maximum atomic E-state index is 11.1. The number of hydrogen-bond acceptors (Lipinski definition) is 4. The minimum absolute atomic E-state index is 0.00388. The molecule has 0 saturated carbocycles. The molecule has 0 radical (unpaired) electrons. The summed E-state index contributed by atoms with van der Waals surface area (Å²) in [5.41, 5.74) is 2.28. The highest BCUT2D eigenvalue weighted by atomic mass is 127. The molecule has 1 N–H and O–H groups in total. The topological polar surface area (TPSA) is 53.9 Å². The van der Waals surface area contributed by atoms with E-state index in [9.17, 15) is 4.79 Å². The van der Waals surface area contributed by atoms with Gasteiger partial charge in [-0.2, -0.15) is 0 Å². The van der Waals surface area contributed by atoms with E-state index in [4.69, 9.17) is 4.74 Å². The van der Waals surface area contributed by atoms with Crippen LogP contribution in [0.4, 0.5) is 4.79 Å². The second-order valence-electron chi connectivity index (χ2n) is 6.42. The molecule has 6 heteroatoms. The Morgan fingerprint density at radius 2 is 2.08 bits per heavy atom. The lowest BCUT2D eigenvalue weighted by Crippen LogP contribution is -2.52. The number of allylic oxidation sites excluding steroid dienone is 2. The van der Waals surface area contributed by atoms with E-state index in [0.29, 0.717) is 5.92 Å². The van der Waals surface area contributed by atoms with E-state index in [-0.39, 0.29) is 16.1 Å². The van der Waals surface area contributed by atoms with Crippen LogP contribution in [-0.4, -0.2) is 34.2 Å². The number of nitrogens with one attached hydrogen (secondary N) is 1. The average molecular weight is 451 g/mol. The number of benzene rings is 1. The van der Waals surface area contributed by atoms with Gasteiger partial charge in [0.2, 0.25) is 0 Å². The van der Waals surface area contributed by atoms with Crippen LogP contribution in [0.15, 0.2) is 53.3 Å². The first-order valence-corrected chi connectivity index (χ1v) is 9.48. The van der Waals surface area contributed by atoms with Gasteiger partial charge in [-0.05, 0) is 30.7 Å². The summed E-state index contributed by atoms with van der Waals surface area (Å²) >= 11 is 1.75. The fourth-order valence-electron chi connectivity index (χ4n) is 2.89. The summed E-state index contributed by atoms with van der Waals surface area (Å²) in [6.45, 7) is 5.86. The second kappa shape index (κ2) is 8.03. The molecule has 2 aliphatic rings. The van der Waals surface area contributed by atoms with Crippen molar-refractivity contribution in [3.8, 4) is 5.75 Å². The van der Waals surface area contributed by atoms with Gasteiger partial charge in [-0.25, -0.2) is 0 Å². The predicted molar refractivity (Wildman–Crippen MR) is 108 cm³/mol. The Morgan fingerprint density at radius 3 is 2.76 bits per heavy atom. The van der Waals surface area contributed by atoms with Crippen molar-refractivity contribution >= 4 is 32.7 Å². The Labute approximate surface area is 162 Å². The van der Waals surface area contributed by atoms with Crippen molar-refractivity contribution < 1.29 is 9.53 Å². The van der Waals surface area contributed by atoms with Crippen LogP contribution in [0.3, 0.4) is 0 Å². The van der Waals surface area contributed by atoms with Crippen molar-refractivity contribution in [1.82, 2.24) is 10.2 Å². The van der Waals surface area contributed by atoms with Crippen molar-refractivity contribution in [2.45, 2.75) is 26.0 Å². The number of hydrogen-bond donors (Lipinski definition) is 1. The molecule has 5 nitrogen and oxygen atoms in total. The molecule has 0 spiro atoms. The zero-order valence-corrected chi connectivity index (χ0v) is 16.5. The molecule has 0 aliphatic carbocycles. The Morgan fingerprint density at radius 1 is 1.36 bits per heavy atom. The quantitative estimate of drug-likeness (QED) is 0.417. The molecule has 2 atom stereocenters. The number of halogens is 1. The molecule has 1 saturated heterocycles. The predicted octanol–water partition coefficient (Wildman–Crippen LogP) is 4.07. The van der Waals surface area contributed by atoms with Crippen LogP contribution in [0.2, 0.25) is 0 Å². The van der Waals surface area contributed by atoms with E-state index in [0.717, 1.165) is 24.4 Å². The van der Waals surface area contributed by atoms with Gasteiger partial charge in [0, 0.05) is 46.6 Å². The average Bonchev–Trinajstić information content (AvgIpc) is 2.74. The largest absolute Gasteiger partial charge is 0.487 e. The minimum Gasteiger partial charge on any atom is -0.487 e. The van der Waals surface area contributed by atoms with E-state index in [1.807, 2.05) is 49.7 Å². The third-order valence-corrected chi connectivity index (χ3v) is 4.62. The molecule has 2 heterocycles. The normalized spacial score (nSPS) is 21.2. The third kappa shape index (κ3) is 4.84. The van der Waals surface area contributed by atoms with Gasteiger partial charge in [0.05, 0.1) is 19.1 Å². The van der Waals surface area contributed by atoms with Gasteiger partial charge < -0.3 is 15.0 Å². The van der Waals surface area contributed by atoms with Crippen LogP contribution in [0.5, 0.6) is 5.75 Å². The van der Waals surface area contributed by atoms with Gasteiger partial charge in [0.1, 0.15) is 11.9 Å². The van der Waals surface area contributed by atoms with Crippen LogP contribution in [0.25, 0.3) is 0 Å². The lowest BCUT2D eigenvalue weighted by atomic mass is 10.1. The first kappa shape index (κ1) is 18.0. The van der Waals surface area contributed by atoms with Gasteiger partial charge >= 0.3 is 0 Å². The van der Waals surface area contributed by atoms with Crippen LogP contribution < -0.4 is 10.1 Å². The Kier molecular flexibility index (Phi) is 5.78. The zero-order valence-electron chi connectivity index (χ0n) is 14.4. The Bertz CT molecular complexity index is 706. The number of aliphatic imine (C=N–C) groups is 1. The van der Waals surface area contributed by atoms with Gasteiger partial charge in [-0.1, -0.05) is 25.1 Å². The van der Waals surface area contributed by atoms with Crippen molar-refractivity contribution in [3.63, 3.8) is 0 Å². The number of carbonyl (C=O) groups excluding carboxylic acids is 1. The van der Waals surface area contributed by atoms with Crippen LogP contribution in [0, 0.1) is 5.92 Å². The SMILES string of the molecule is CC1C=NC=CC(N2CC(Oc3ccc([C@H](C)NC(=O)I)cc3)C2)=C1. The lowest BCUT2D eigenvalue weighted by Gasteiger charge is -2.41. The molecule has 25 heavy (non-hydrogen) atoms. The van der Waals surface area contributed by atoms with Crippen LogP contribution in [-0.2, 0) is 0 Å². The number of rotatable bonds is 5. The molecule has 0 aromatic heterocycles. The number of nitrogens with zero attached hydrogens (tertiary/aromatic N) is 2. The van der Waals surface area contributed by atoms with Crippen molar-refractivity contribution in [1.29, 1.82) is 0 Å². The summed E-state index contributed by atoms with van der Waals surface area (Å²) in [4.78, 5) is 17.7. The smallest absolute Gasteiger partial charge is 0.281 e. The number of likely N-dealkylation sites (tertiary alicyclic amines) is 1. The molecule has 1 fully saturated rings. The highest BCUT2D eigenvalue weighted by molar-refractivity contribution is 14.1. The van der Waals surface area contributed by atoms with Gasteiger partial charge in [-0.3, -0.25) is 9.79 Å². The molecule has 1 aromatic rings. The van der Waals surface area contributed by atoms with E-state index in [1.165, 1.54) is 5.70 Å². The Balaban J connectivity index is 1.51. The molecule has 1 aromatic carbocycles. The first-order valence-electron chi connectivity index (χ1n) is 8.40. The monoisotopic (exact) mass is 451 g/mol. The number of amides is 1. The van der Waals surface area contributed by atoms with Crippen molar-refractivity contribution in [3.05, 3.63) is 53.9 Å². The van der Waals surface area contributed by atoms with E-state index < -0.39 is 0 Å². The van der Waals surface area contributed by atoms with Crippen LogP contribution in [0.1, 0.15) is 25.5 Å². The Hall–Kier alpha value is -1.83. The molecule has 2 aliphatic heterocycles.